The van der Waals surface area contributed by atoms with E-state index in [1.54, 1.807) is 11.4 Å². The normalized spacial score (nSPS) is 16.6. The van der Waals surface area contributed by atoms with E-state index in [0.717, 1.165) is 27.9 Å². The predicted molar refractivity (Wildman–Crippen MR) is 123 cm³/mol. The number of carbonyl (C=O) groups excluding carboxylic acids is 1. The van der Waals surface area contributed by atoms with Gasteiger partial charge in [-0.2, -0.15) is 0 Å². The molecule has 7 heteroatoms. The Morgan fingerprint density at radius 3 is 2.50 bits per heavy atom. The quantitative estimate of drug-likeness (QED) is 0.572. The molecule has 2 heterocycles. The second-order valence-corrected chi connectivity index (χ2v) is 10.1. The van der Waals surface area contributed by atoms with Crippen LogP contribution in [-0.4, -0.2) is 14.2 Å². The summed E-state index contributed by atoms with van der Waals surface area (Å²) in [7, 11) is -4.01. The van der Waals surface area contributed by atoms with Crippen LogP contribution in [0.25, 0.3) is 0 Å². The molecule has 0 unspecified atom stereocenters. The van der Waals surface area contributed by atoms with Gasteiger partial charge in [0.05, 0.1) is 12.2 Å². The fourth-order valence-corrected chi connectivity index (χ4v) is 5.85. The van der Waals surface area contributed by atoms with Crippen LogP contribution in [-0.2, 0) is 16.6 Å². The van der Waals surface area contributed by atoms with Crippen LogP contribution in [0.2, 0.25) is 0 Å². The van der Waals surface area contributed by atoms with Crippen molar-refractivity contribution in [2.24, 2.45) is 0 Å². The predicted octanol–water partition coefficient (Wildman–Crippen LogP) is 5.16. The number of nitrogens with one attached hydrogen (secondary N) is 1. The Kier molecular flexibility index (Phi) is 5.26. The molecule has 2 aromatic carbocycles. The third kappa shape index (κ3) is 3.55. The molecular formula is C23H22N2O3S2. The highest BCUT2D eigenvalue weighted by Gasteiger charge is 2.41. The molecule has 0 saturated carbocycles. The molecule has 4 rings (SSSR count). The molecule has 0 amide bonds. The van der Waals surface area contributed by atoms with E-state index in [-0.39, 0.29) is 11.4 Å². The van der Waals surface area contributed by atoms with Crippen LogP contribution in [0.15, 0.2) is 65.0 Å². The standard InChI is InChI=1S/C23H22N2O3S2/c1-15-7-9-18(10-8-15)14-25-20-11-12-29-23(20)22(26)21(30(25,27)28)13-24-19-6-4-5-16(2)17(19)3/h4-13,24H,14H2,1-3H3/b21-13-. The van der Waals surface area contributed by atoms with Gasteiger partial charge in [0.15, 0.2) is 4.91 Å². The number of Topliss-reactive ketones (excluding diaryl/α,β-unsaturated/α-hetero) is 1. The molecule has 0 saturated heterocycles. The van der Waals surface area contributed by atoms with Crippen molar-refractivity contribution in [1.29, 1.82) is 0 Å². The van der Waals surface area contributed by atoms with Crippen molar-refractivity contribution in [3.8, 4) is 0 Å². The number of aryl methyl sites for hydroxylation is 2. The van der Waals surface area contributed by atoms with Crippen LogP contribution in [0.3, 0.4) is 0 Å². The number of allylic oxidation sites excluding steroid dienone is 1. The van der Waals surface area contributed by atoms with Gasteiger partial charge >= 0.3 is 0 Å². The lowest BCUT2D eigenvalue weighted by molar-refractivity contribution is 0.104. The van der Waals surface area contributed by atoms with Gasteiger partial charge < -0.3 is 5.32 Å². The van der Waals surface area contributed by atoms with E-state index < -0.39 is 15.8 Å². The maximum absolute atomic E-state index is 13.4. The van der Waals surface area contributed by atoms with E-state index in [1.807, 2.05) is 63.2 Å². The zero-order valence-corrected chi connectivity index (χ0v) is 18.6. The lowest BCUT2D eigenvalue weighted by Gasteiger charge is -2.29. The number of fused-ring (bicyclic) bond motifs is 1. The SMILES string of the molecule is Cc1ccc(CN2c3ccsc3C(=O)/C(=C/Nc3cccc(C)c3C)S2(=O)=O)cc1. The molecule has 0 fully saturated rings. The number of carbonyl (C=O) groups is 1. The highest BCUT2D eigenvalue weighted by Crippen LogP contribution is 2.39. The number of hydrogen-bond acceptors (Lipinski definition) is 5. The third-order valence-electron chi connectivity index (χ3n) is 5.32. The number of nitrogens with zero attached hydrogens (tertiary/aromatic N) is 1. The summed E-state index contributed by atoms with van der Waals surface area (Å²) >= 11 is 1.26. The first-order chi connectivity index (χ1) is 14.3. The van der Waals surface area contributed by atoms with E-state index in [4.69, 9.17) is 0 Å². The van der Waals surface area contributed by atoms with Crippen molar-refractivity contribution in [3.05, 3.63) is 92.1 Å². The van der Waals surface area contributed by atoms with Crippen molar-refractivity contribution in [2.75, 3.05) is 9.62 Å². The van der Waals surface area contributed by atoms with E-state index in [1.165, 1.54) is 21.8 Å². The molecule has 30 heavy (non-hydrogen) atoms. The van der Waals surface area contributed by atoms with Gasteiger partial charge in [-0.05, 0) is 55.0 Å². The molecule has 0 bridgehead atoms. The minimum Gasteiger partial charge on any atom is -0.360 e. The summed E-state index contributed by atoms with van der Waals surface area (Å²) in [6.45, 7) is 6.09. The topological polar surface area (TPSA) is 66.5 Å². The first kappa shape index (κ1) is 20.4. The Hall–Kier alpha value is -2.90. The molecular weight excluding hydrogens is 416 g/mol. The fourth-order valence-electron chi connectivity index (χ4n) is 3.37. The van der Waals surface area contributed by atoms with Crippen molar-refractivity contribution in [2.45, 2.75) is 27.3 Å². The second-order valence-electron chi connectivity index (χ2n) is 7.36. The van der Waals surface area contributed by atoms with Crippen LogP contribution in [0.5, 0.6) is 0 Å². The van der Waals surface area contributed by atoms with Crippen molar-refractivity contribution >= 4 is 38.5 Å². The minimum absolute atomic E-state index is 0.167. The zero-order chi connectivity index (χ0) is 21.5. The van der Waals surface area contributed by atoms with Crippen molar-refractivity contribution in [3.63, 3.8) is 0 Å². The van der Waals surface area contributed by atoms with Crippen LogP contribution in [0.4, 0.5) is 11.4 Å². The number of anilines is 2. The second kappa shape index (κ2) is 7.74. The number of ketones is 1. The third-order valence-corrected chi connectivity index (χ3v) is 7.99. The maximum atomic E-state index is 13.4. The summed E-state index contributed by atoms with van der Waals surface area (Å²) in [5.74, 6) is -0.474. The van der Waals surface area contributed by atoms with E-state index in [9.17, 15) is 13.2 Å². The highest BCUT2D eigenvalue weighted by atomic mass is 32.2. The summed E-state index contributed by atoms with van der Waals surface area (Å²) in [6.07, 6.45) is 1.32. The lowest BCUT2D eigenvalue weighted by Crippen LogP contribution is -2.38. The Morgan fingerprint density at radius 1 is 1.03 bits per heavy atom. The lowest BCUT2D eigenvalue weighted by atomic mass is 10.1. The number of sulfonamides is 1. The van der Waals surface area contributed by atoms with Crippen molar-refractivity contribution < 1.29 is 13.2 Å². The van der Waals surface area contributed by atoms with Crippen LogP contribution < -0.4 is 9.62 Å². The molecule has 1 aliphatic heterocycles. The van der Waals surface area contributed by atoms with Crippen LogP contribution in [0, 0.1) is 20.8 Å². The van der Waals surface area contributed by atoms with Crippen LogP contribution >= 0.6 is 11.3 Å². The molecule has 0 spiro atoms. The maximum Gasteiger partial charge on any atom is 0.270 e. The van der Waals surface area contributed by atoms with Gasteiger partial charge in [0.1, 0.15) is 4.88 Å². The van der Waals surface area contributed by atoms with E-state index in [0.29, 0.717) is 10.6 Å². The smallest absolute Gasteiger partial charge is 0.270 e. The summed E-state index contributed by atoms with van der Waals surface area (Å²) in [4.78, 5) is 13.2. The van der Waals surface area contributed by atoms with Gasteiger partial charge in [0.2, 0.25) is 5.78 Å². The largest absolute Gasteiger partial charge is 0.360 e. The summed E-state index contributed by atoms with van der Waals surface area (Å²) < 4.78 is 28.2. The first-order valence-electron chi connectivity index (χ1n) is 9.52. The molecule has 0 aliphatic carbocycles. The number of thiophene rings is 1. The zero-order valence-electron chi connectivity index (χ0n) is 17.0. The average molecular weight is 439 g/mol. The van der Waals surface area contributed by atoms with Gasteiger partial charge in [-0.1, -0.05) is 42.0 Å². The Labute approximate surface area is 180 Å². The highest BCUT2D eigenvalue weighted by molar-refractivity contribution is 7.97. The first-order valence-corrected chi connectivity index (χ1v) is 11.8. The Balaban J connectivity index is 1.75. The summed E-state index contributed by atoms with van der Waals surface area (Å²) in [5.41, 5.74) is 5.26. The summed E-state index contributed by atoms with van der Waals surface area (Å²) in [6, 6.07) is 15.1. The van der Waals surface area contributed by atoms with Crippen molar-refractivity contribution in [1.82, 2.24) is 0 Å². The molecule has 1 aromatic heterocycles. The molecule has 0 radical (unpaired) electrons. The van der Waals surface area contributed by atoms with Gasteiger partial charge in [-0.15, -0.1) is 11.3 Å². The molecule has 5 nitrogen and oxygen atoms in total. The number of benzene rings is 2. The molecule has 1 N–H and O–H groups in total. The molecule has 3 aromatic rings. The van der Waals surface area contributed by atoms with Crippen LogP contribution in [0.1, 0.15) is 31.9 Å². The number of rotatable bonds is 4. The van der Waals surface area contributed by atoms with Gasteiger partial charge in [0, 0.05) is 11.9 Å². The molecule has 1 aliphatic rings. The van der Waals surface area contributed by atoms with E-state index >= 15 is 0 Å². The minimum atomic E-state index is -4.01. The monoisotopic (exact) mass is 438 g/mol. The Morgan fingerprint density at radius 2 is 1.77 bits per heavy atom. The van der Waals surface area contributed by atoms with Gasteiger partial charge in [0.25, 0.3) is 10.0 Å². The van der Waals surface area contributed by atoms with Gasteiger partial charge in [-0.3, -0.25) is 9.10 Å². The summed E-state index contributed by atoms with van der Waals surface area (Å²) in [5, 5.41) is 4.79. The van der Waals surface area contributed by atoms with E-state index in [2.05, 4.69) is 5.32 Å². The molecule has 0 atom stereocenters. The van der Waals surface area contributed by atoms with Gasteiger partial charge in [-0.25, -0.2) is 8.42 Å². The fraction of sp³-hybridized carbons (Fsp3) is 0.174. The Bertz CT molecular complexity index is 1260. The average Bonchev–Trinajstić information content (AvgIpc) is 3.19. The number of hydrogen-bond donors (Lipinski definition) is 1. The molecule has 154 valence electrons.